The number of fused-ring (bicyclic) bond motifs is 1. The fourth-order valence-corrected chi connectivity index (χ4v) is 7.87. The zero-order chi connectivity index (χ0) is 30.2. The Hall–Kier alpha value is -2.57. The summed E-state index contributed by atoms with van der Waals surface area (Å²) in [6, 6.07) is 8.18. The monoisotopic (exact) mass is 656 g/mol. The third kappa shape index (κ3) is 6.50. The summed E-state index contributed by atoms with van der Waals surface area (Å²) in [5.74, 6) is -1.00. The average molecular weight is 658 g/mol. The van der Waals surface area contributed by atoms with Crippen LogP contribution < -0.4 is 5.32 Å². The van der Waals surface area contributed by atoms with E-state index in [-0.39, 0.29) is 39.9 Å². The van der Waals surface area contributed by atoms with Gasteiger partial charge in [-0.3, -0.25) is 9.59 Å². The van der Waals surface area contributed by atoms with E-state index in [0.29, 0.717) is 10.6 Å². The second-order valence-electron chi connectivity index (χ2n) is 10.9. The maximum atomic E-state index is 14.0. The molecule has 2 aromatic rings. The van der Waals surface area contributed by atoms with E-state index in [9.17, 15) is 27.9 Å². The van der Waals surface area contributed by atoms with Gasteiger partial charge in [0.1, 0.15) is 23.1 Å². The van der Waals surface area contributed by atoms with Crippen molar-refractivity contribution in [1.82, 2.24) is 19.4 Å². The fourth-order valence-electron chi connectivity index (χ4n) is 5.33. The third-order valence-electron chi connectivity index (χ3n) is 7.92. The number of nitrogens with zero attached hydrogens (tertiary/aromatic N) is 3. The van der Waals surface area contributed by atoms with Crippen LogP contribution in [0.4, 0.5) is 4.79 Å². The molecule has 6 rings (SSSR count). The Morgan fingerprint density at radius 2 is 1.60 bits per heavy atom. The highest BCUT2D eigenvalue weighted by molar-refractivity contribution is 7.89. The van der Waals surface area contributed by atoms with E-state index in [1.165, 1.54) is 48.8 Å². The molecule has 0 radical (unpaired) electrons. The number of halogens is 3. The van der Waals surface area contributed by atoms with Crippen molar-refractivity contribution in [2.75, 3.05) is 13.1 Å². The first-order chi connectivity index (χ1) is 20.0. The van der Waals surface area contributed by atoms with Crippen molar-refractivity contribution in [2.24, 2.45) is 0 Å². The summed E-state index contributed by atoms with van der Waals surface area (Å²) in [4.78, 5) is 41.5. The number of hydrogen-bond acceptors (Lipinski definition) is 5. The lowest BCUT2D eigenvalue weighted by atomic mass is 9.97. The van der Waals surface area contributed by atoms with Gasteiger partial charge in [0, 0.05) is 29.1 Å². The molecule has 4 aliphatic rings. The lowest BCUT2D eigenvalue weighted by Crippen LogP contribution is -2.76. The number of nitrogens with one attached hydrogen (secondary N) is 1. The summed E-state index contributed by atoms with van der Waals surface area (Å²) in [5, 5.41) is 12.1. The third-order valence-corrected chi connectivity index (χ3v) is 10.7. The molecule has 3 unspecified atom stereocenters. The Balaban J connectivity index is 0.000000813. The van der Waals surface area contributed by atoms with Crippen LogP contribution in [0.25, 0.3) is 0 Å². The van der Waals surface area contributed by atoms with Crippen LogP contribution in [0.3, 0.4) is 0 Å². The predicted molar refractivity (Wildman–Crippen MR) is 158 cm³/mol. The number of piperazine rings is 1. The minimum absolute atomic E-state index is 0.0501. The number of carboxylic acid groups (broad SMARTS) is 1. The quantitative estimate of drug-likeness (QED) is 0.467. The number of hydrogen-bond donors (Lipinski definition) is 2. The first kappa shape index (κ1) is 30.9. The maximum Gasteiger partial charge on any atom is 0.405 e. The molecule has 42 heavy (non-hydrogen) atoms. The summed E-state index contributed by atoms with van der Waals surface area (Å²) in [5.41, 5.74) is 0.670. The Labute approximate surface area is 259 Å². The fraction of sp³-hybridized carbons (Fsp3) is 0.464. The van der Waals surface area contributed by atoms with Gasteiger partial charge >= 0.3 is 6.09 Å². The van der Waals surface area contributed by atoms with Crippen LogP contribution in [0.15, 0.2) is 47.4 Å². The van der Waals surface area contributed by atoms with Crippen LogP contribution in [0.1, 0.15) is 44.1 Å². The van der Waals surface area contributed by atoms with Gasteiger partial charge in [-0.15, -0.1) is 0 Å². The molecule has 0 spiro atoms. The van der Waals surface area contributed by atoms with Gasteiger partial charge in [0.25, 0.3) is 0 Å². The van der Waals surface area contributed by atoms with Crippen molar-refractivity contribution in [3.8, 4) is 0 Å². The molecule has 2 heterocycles. The highest BCUT2D eigenvalue weighted by atomic mass is 35.5. The Bertz CT molecular complexity index is 1480. The molecule has 2 N–H and O–H groups in total. The minimum Gasteiger partial charge on any atom is -0.465 e. The van der Waals surface area contributed by atoms with Crippen molar-refractivity contribution < 1.29 is 27.9 Å². The molecule has 2 aliphatic carbocycles. The van der Waals surface area contributed by atoms with E-state index < -0.39 is 46.8 Å². The van der Waals surface area contributed by atoms with E-state index in [1.54, 1.807) is 29.2 Å². The van der Waals surface area contributed by atoms with Gasteiger partial charge < -0.3 is 20.2 Å². The zero-order valence-electron chi connectivity index (χ0n) is 22.6. The van der Waals surface area contributed by atoms with Gasteiger partial charge in [0.05, 0.1) is 11.6 Å². The normalized spacial score (nSPS) is 24.3. The van der Waals surface area contributed by atoms with Gasteiger partial charge in [0.2, 0.25) is 21.8 Å². The van der Waals surface area contributed by atoms with E-state index in [4.69, 9.17) is 34.8 Å². The first-order valence-corrected chi connectivity index (χ1v) is 16.4. The smallest absolute Gasteiger partial charge is 0.405 e. The standard InChI is InChI=1S/C24H23Cl3N4O6S.C4H8/c25-14-3-1-2-13(8-14)9-19-23(33)29(16-5-6-16)12-21-30(11-18(28-24(34)35)22(32)31(19)21)38(36,37)20-7-4-15(26)10-17(20)27;1-2-4-3-1/h1-4,7-8,10,16,18-19,21,28H,5-6,9,11-12H2,(H,34,35);1-4H2. The van der Waals surface area contributed by atoms with Crippen LogP contribution in [0, 0.1) is 0 Å². The molecular formula is C28H31Cl3N4O6S. The maximum absolute atomic E-state index is 14.0. The van der Waals surface area contributed by atoms with Crippen molar-refractivity contribution >= 4 is 62.7 Å². The van der Waals surface area contributed by atoms with E-state index in [0.717, 1.165) is 17.1 Å². The SMILES string of the molecule is C1CCC1.O=C(O)NC1CN(S(=O)(=O)c2ccc(Cl)cc2Cl)C2CN(C3CC3)C(=O)C(Cc3cccc(Cl)c3)N2C1=O. The second-order valence-corrected chi connectivity index (χ2v) is 14.0. The first-order valence-electron chi connectivity index (χ1n) is 13.8. The largest absolute Gasteiger partial charge is 0.465 e. The summed E-state index contributed by atoms with van der Waals surface area (Å²) >= 11 is 18.4. The van der Waals surface area contributed by atoms with Crippen LogP contribution >= 0.6 is 34.8 Å². The molecule has 226 valence electrons. The van der Waals surface area contributed by atoms with Crippen molar-refractivity contribution in [3.63, 3.8) is 0 Å². The van der Waals surface area contributed by atoms with Crippen LogP contribution in [0.5, 0.6) is 0 Å². The van der Waals surface area contributed by atoms with Crippen molar-refractivity contribution in [3.05, 3.63) is 63.1 Å². The molecule has 0 bridgehead atoms. The molecule has 3 amide bonds. The Kier molecular flexibility index (Phi) is 9.24. The second kappa shape index (κ2) is 12.6. The number of rotatable bonds is 6. The Morgan fingerprint density at radius 3 is 2.17 bits per heavy atom. The van der Waals surface area contributed by atoms with Gasteiger partial charge in [-0.25, -0.2) is 13.2 Å². The van der Waals surface area contributed by atoms with Crippen LogP contribution in [-0.2, 0) is 26.0 Å². The topological polar surface area (TPSA) is 127 Å². The van der Waals surface area contributed by atoms with Gasteiger partial charge in [-0.1, -0.05) is 72.6 Å². The van der Waals surface area contributed by atoms with Crippen LogP contribution in [0.2, 0.25) is 15.1 Å². The average Bonchev–Trinajstić information content (AvgIpc) is 3.71. The number of carbonyl (C=O) groups is 3. The predicted octanol–water partition coefficient (Wildman–Crippen LogP) is 4.62. The lowest BCUT2D eigenvalue weighted by molar-refractivity contribution is -0.167. The molecular weight excluding hydrogens is 627 g/mol. The van der Waals surface area contributed by atoms with E-state index >= 15 is 0 Å². The summed E-state index contributed by atoms with van der Waals surface area (Å²) < 4.78 is 29.0. The molecule has 2 saturated carbocycles. The molecule has 3 atom stereocenters. The summed E-state index contributed by atoms with van der Waals surface area (Å²) in [6.07, 6.45) is 5.04. The lowest BCUT2D eigenvalue weighted by Gasteiger charge is -2.53. The van der Waals surface area contributed by atoms with Gasteiger partial charge in [-0.2, -0.15) is 4.31 Å². The molecule has 14 heteroatoms. The minimum atomic E-state index is -4.36. The van der Waals surface area contributed by atoms with Gasteiger partial charge in [-0.05, 0) is 48.7 Å². The molecule has 2 aromatic carbocycles. The van der Waals surface area contributed by atoms with Crippen molar-refractivity contribution in [2.45, 2.75) is 74.1 Å². The number of amides is 3. The molecule has 4 fully saturated rings. The number of carbonyl (C=O) groups excluding carboxylic acids is 2. The van der Waals surface area contributed by atoms with Gasteiger partial charge in [0.15, 0.2) is 0 Å². The van der Waals surface area contributed by atoms with E-state index in [2.05, 4.69) is 5.32 Å². The summed E-state index contributed by atoms with van der Waals surface area (Å²) in [7, 11) is -4.36. The number of benzene rings is 2. The highest BCUT2D eigenvalue weighted by Gasteiger charge is 2.55. The highest BCUT2D eigenvalue weighted by Crippen LogP contribution is 2.38. The van der Waals surface area contributed by atoms with Crippen LogP contribution in [-0.4, -0.2) is 82.9 Å². The summed E-state index contributed by atoms with van der Waals surface area (Å²) in [6.45, 7) is -0.518. The Morgan fingerprint density at radius 1 is 0.929 bits per heavy atom. The number of sulfonamides is 1. The molecule has 2 saturated heterocycles. The van der Waals surface area contributed by atoms with Crippen molar-refractivity contribution in [1.29, 1.82) is 0 Å². The zero-order valence-corrected chi connectivity index (χ0v) is 25.7. The van der Waals surface area contributed by atoms with E-state index in [1.807, 2.05) is 0 Å². The molecule has 0 aromatic heterocycles. The molecule has 10 nitrogen and oxygen atoms in total. The molecule has 2 aliphatic heterocycles.